The smallest absolute Gasteiger partial charge is 0.407 e. The summed E-state index contributed by atoms with van der Waals surface area (Å²) in [5, 5.41) is 28.0. The van der Waals surface area contributed by atoms with Gasteiger partial charge in [-0.15, -0.1) is 0 Å². The largest absolute Gasteiger partial charge is 0.465 e. The number of nitrogens with zero attached hydrogens (tertiary/aromatic N) is 4. The summed E-state index contributed by atoms with van der Waals surface area (Å²) in [6.45, 7) is -0.0731. The molecule has 2 heterocycles. The molecule has 29 heavy (non-hydrogen) atoms. The van der Waals surface area contributed by atoms with E-state index in [1.165, 1.54) is 0 Å². The van der Waals surface area contributed by atoms with Crippen LogP contribution in [0, 0.1) is 0 Å². The van der Waals surface area contributed by atoms with Gasteiger partial charge in [-0.25, -0.2) is 14.4 Å². The van der Waals surface area contributed by atoms with Gasteiger partial charge in [-0.3, -0.25) is 14.5 Å². The van der Waals surface area contributed by atoms with Crippen LogP contribution in [0.25, 0.3) is 0 Å². The Labute approximate surface area is 166 Å². The van der Waals surface area contributed by atoms with Gasteiger partial charge >= 0.3 is 30.2 Å². The first-order valence-corrected chi connectivity index (χ1v) is 9.08. The van der Waals surface area contributed by atoms with Gasteiger partial charge in [0.05, 0.1) is 12.8 Å². The molecule has 0 unspecified atom stereocenters. The number of cyclic esters (lactones) is 2. The highest BCUT2D eigenvalue weighted by atomic mass is 16.6. The Morgan fingerprint density at radius 2 is 0.966 bits per heavy atom. The summed E-state index contributed by atoms with van der Waals surface area (Å²) in [4.78, 5) is 62.4. The van der Waals surface area contributed by atoms with E-state index in [-0.39, 0.29) is 65.2 Å². The summed E-state index contributed by atoms with van der Waals surface area (Å²) < 4.78 is 4.52. The van der Waals surface area contributed by atoms with Crippen molar-refractivity contribution in [2.75, 3.05) is 52.4 Å². The third-order valence-corrected chi connectivity index (χ3v) is 4.95. The van der Waals surface area contributed by atoms with Gasteiger partial charge in [0.25, 0.3) is 0 Å². The van der Waals surface area contributed by atoms with E-state index in [2.05, 4.69) is 4.74 Å². The van der Waals surface area contributed by atoms with Crippen molar-refractivity contribution in [2.45, 2.75) is 18.9 Å². The summed E-state index contributed by atoms with van der Waals surface area (Å²) in [5.74, 6) is -1.36. The fraction of sp³-hybridized carbons (Fsp3) is 0.688. The molecular formula is C16H24N4O9. The van der Waals surface area contributed by atoms with Crippen LogP contribution in [0.4, 0.5) is 14.4 Å². The van der Waals surface area contributed by atoms with Gasteiger partial charge in [0.15, 0.2) is 0 Å². The van der Waals surface area contributed by atoms with E-state index in [9.17, 15) is 39.3 Å². The predicted octanol–water partition coefficient (Wildman–Crippen LogP) is -0.526. The maximum atomic E-state index is 11.6. The summed E-state index contributed by atoms with van der Waals surface area (Å²) in [6, 6.07) is -0.520. The molecular weight excluding hydrogens is 392 g/mol. The Hall–Kier alpha value is -3.09. The van der Waals surface area contributed by atoms with Crippen LogP contribution >= 0.6 is 0 Å². The topological polar surface area (TPSA) is 168 Å². The van der Waals surface area contributed by atoms with E-state index in [4.69, 9.17) is 0 Å². The van der Waals surface area contributed by atoms with Gasteiger partial charge in [0.2, 0.25) is 0 Å². The van der Waals surface area contributed by atoms with Crippen molar-refractivity contribution in [1.29, 1.82) is 0 Å². The predicted molar refractivity (Wildman–Crippen MR) is 94.5 cm³/mol. The lowest BCUT2D eigenvalue weighted by Crippen LogP contribution is -2.52. The molecule has 162 valence electrons. The molecule has 0 bridgehead atoms. The van der Waals surface area contributed by atoms with Crippen LogP contribution in [-0.4, -0.2) is 124 Å². The summed E-state index contributed by atoms with van der Waals surface area (Å²) in [6.07, 6.45) is -3.83. The lowest BCUT2D eigenvalue weighted by molar-refractivity contribution is -0.166. The second kappa shape index (κ2) is 9.91. The third-order valence-electron chi connectivity index (χ3n) is 4.95. The number of rotatable bonds is 1. The lowest BCUT2D eigenvalue weighted by atomic mass is 10.1. The van der Waals surface area contributed by atoms with Crippen LogP contribution in [-0.2, 0) is 14.3 Å². The number of carbonyl (C=O) groups is 5. The van der Waals surface area contributed by atoms with Crippen LogP contribution in [0.1, 0.15) is 12.8 Å². The minimum atomic E-state index is -1.27. The van der Waals surface area contributed by atoms with E-state index >= 15 is 0 Å². The highest BCUT2D eigenvalue weighted by Crippen LogP contribution is 2.17. The first-order chi connectivity index (χ1) is 13.7. The zero-order valence-corrected chi connectivity index (χ0v) is 15.7. The molecule has 2 aliphatic rings. The summed E-state index contributed by atoms with van der Waals surface area (Å²) in [7, 11) is 0. The van der Waals surface area contributed by atoms with E-state index in [1.807, 2.05) is 0 Å². The monoisotopic (exact) mass is 416 g/mol. The van der Waals surface area contributed by atoms with Gasteiger partial charge < -0.3 is 34.8 Å². The number of hydrogen-bond acceptors (Lipinski definition) is 7. The van der Waals surface area contributed by atoms with Crippen LogP contribution in [0.15, 0.2) is 0 Å². The molecule has 0 atom stereocenters. The lowest BCUT2D eigenvalue weighted by Gasteiger charge is -2.36. The van der Waals surface area contributed by atoms with Gasteiger partial charge in [0.1, 0.15) is 0 Å². The third kappa shape index (κ3) is 6.48. The Kier molecular flexibility index (Phi) is 7.59. The van der Waals surface area contributed by atoms with Crippen molar-refractivity contribution < 1.29 is 44.0 Å². The highest BCUT2D eigenvalue weighted by Gasteiger charge is 2.32. The Balaban J connectivity index is 2.19. The molecule has 2 rings (SSSR count). The SMILES string of the molecule is O=C1CC(N2CCN(C(=O)O)CCN(C(=O)O)CCN(C(=O)O)CC2)CC(=O)O1. The van der Waals surface area contributed by atoms with E-state index in [1.54, 1.807) is 4.90 Å². The molecule has 0 radical (unpaired) electrons. The minimum Gasteiger partial charge on any atom is -0.465 e. The highest BCUT2D eigenvalue weighted by molar-refractivity contribution is 5.89. The molecule has 0 aromatic rings. The van der Waals surface area contributed by atoms with Crippen molar-refractivity contribution in [3.8, 4) is 0 Å². The summed E-state index contributed by atoms with van der Waals surface area (Å²) >= 11 is 0. The molecule has 0 aliphatic carbocycles. The number of ether oxygens (including phenoxy) is 1. The molecule has 0 aromatic heterocycles. The van der Waals surface area contributed by atoms with Gasteiger partial charge in [-0.2, -0.15) is 0 Å². The zero-order chi connectivity index (χ0) is 21.6. The van der Waals surface area contributed by atoms with Crippen LogP contribution < -0.4 is 0 Å². The molecule has 13 heteroatoms. The Bertz CT molecular complexity index is 625. The van der Waals surface area contributed by atoms with Crippen molar-refractivity contribution in [2.24, 2.45) is 0 Å². The molecule has 0 aromatic carbocycles. The van der Waals surface area contributed by atoms with Crippen molar-refractivity contribution in [3.63, 3.8) is 0 Å². The first kappa shape index (κ1) is 22.2. The fourth-order valence-corrected chi connectivity index (χ4v) is 3.29. The molecule has 3 amide bonds. The molecule has 13 nitrogen and oxygen atoms in total. The maximum Gasteiger partial charge on any atom is 0.407 e. The Morgan fingerprint density at radius 3 is 1.28 bits per heavy atom. The maximum absolute atomic E-state index is 11.6. The normalized spacial score (nSPS) is 21.2. The molecule has 3 N–H and O–H groups in total. The van der Waals surface area contributed by atoms with Gasteiger partial charge in [0, 0.05) is 58.4 Å². The number of esters is 2. The number of hydrogen-bond donors (Lipinski definition) is 3. The van der Waals surface area contributed by atoms with Crippen molar-refractivity contribution in [3.05, 3.63) is 0 Å². The van der Waals surface area contributed by atoms with Crippen molar-refractivity contribution in [1.82, 2.24) is 19.6 Å². The first-order valence-electron chi connectivity index (χ1n) is 9.08. The van der Waals surface area contributed by atoms with E-state index in [0.717, 1.165) is 14.7 Å². The molecule has 2 fully saturated rings. The molecule has 0 spiro atoms. The summed E-state index contributed by atoms with van der Waals surface area (Å²) in [5.41, 5.74) is 0. The fourth-order valence-electron chi connectivity index (χ4n) is 3.29. The molecule has 2 aliphatic heterocycles. The standard InChI is InChI=1S/C16H24N4O9/c21-12-9-11(10-13(22)29-12)17-1-3-18(14(23)24)5-7-20(16(27)28)8-6-19(4-2-17)15(25)26/h11H,1-10H2,(H,23,24)(H,25,26)(H,27,28). The Morgan fingerprint density at radius 1 is 0.655 bits per heavy atom. The molecule has 0 saturated carbocycles. The van der Waals surface area contributed by atoms with Gasteiger partial charge in [-0.05, 0) is 0 Å². The van der Waals surface area contributed by atoms with Gasteiger partial charge in [-0.1, -0.05) is 0 Å². The van der Waals surface area contributed by atoms with Crippen LogP contribution in [0.5, 0.6) is 0 Å². The second-order valence-electron chi connectivity index (χ2n) is 6.75. The second-order valence-corrected chi connectivity index (χ2v) is 6.75. The van der Waals surface area contributed by atoms with Crippen LogP contribution in [0.2, 0.25) is 0 Å². The zero-order valence-electron chi connectivity index (χ0n) is 15.7. The quantitative estimate of drug-likeness (QED) is 0.373. The van der Waals surface area contributed by atoms with Crippen molar-refractivity contribution >= 4 is 30.2 Å². The molecule has 2 saturated heterocycles. The number of carboxylic acid groups (broad SMARTS) is 3. The van der Waals surface area contributed by atoms with Crippen LogP contribution in [0.3, 0.4) is 0 Å². The van der Waals surface area contributed by atoms with E-state index in [0.29, 0.717) is 0 Å². The number of carbonyl (C=O) groups excluding carboxylic acids is 2. The number of amides is 3. The average molecular weight is 416 g/mol. The average Bonchev–Trinajstić information content (AvgIpc) is 2.60. The van der Waals surface area contributed by atoms with E-state index < -0.39 is 36.3 Å². The minimum absolute atomic E-state index is 0.00953.